The zero-order valence-corrected chi connectivity index (χ0v) is 10.9. The van der Waals surface area contributed by atoms with Crippen LogP contribution in [-0.2, 0) is 9.47 Å². The van der Waals surface area contributed by atoms with Gasteiger partial charge in [0.15, 0.2) is 0 Å². The quantitative estimate of drug-likeness (QED) is 0.777. The summed E-state index contributed by atoms with van der Waals surface area (Å²) >= 11 is 0. The molecule has 0 N–H and O–H groups in total. The van der Waals surface area contributed by atoms with Crippen molar-refractivity contribution in [2.75, 3.05) is 26.8 Å². The Hall–Kier alpha value is -1.53. The molecule has 1 spiro atoms. The van der Waals surface area contributed by atoms with Gasteiger partial charge in [0.05, 0.1) is 19.2 Å². The van der Waals surface area contributed by atoms with Gasteiger partial charge >= 0.3 is 0 Å². The fourth-order valence-corrected chi connectivity index (χ4v) is 2.78. The molecule has 1 aromatic heterocycles. The number of amides is 1. The SMILES string of the molecule is CO[C@@H]1CCOC2(C1)CN(C(=O)c1ccncn1)C2. The Labute approximate surface area is 111 Å². The average Bonchev–Trinajstić information content (AvgIpc) is 2.45. The molecule has 1 atom stereocenters. The second kappa shape index (κ2) is 4.86. The predicted molar refractivity (Wildman–Crippen MR) is 66.6 cm³/mol. The van der Waals surface area contributed by atoms with Crippen LogP contribution in [0.5, 0.6) is 0 Å². The topological polar surface area (TPSA) is 64.6 Å². The van der Waals surface area contributed by atoms with Crippen LogP contribution in [0.25, 0.3) is 0 Å². The normalized spacial score (nSPS) is 25.1. The summed E-state index contributed by atoms with van der Waals surface area (Å²) < 4.78 is 11.2. The van der Waals surface area contributed by atoms with E-state index in [4.69, 9.17) is 9.47 Å². The van der Waals surface area contributed by atoms with Gasteiger partial charge in [-0.3, -0.25) is 4.79 Å². The van der Waals surface area contributed by atoms with Crippen molar-refractivity contribution < 1.29 is 14.3 Å². The minimum Gasteiger partial charge on any atom is -0.381 e. The first kappa shape index (κ1) is 12.5. The van der Waals surface area contributed by atoms with E-state index < -0.39 is 0 Å². The van der Waals surface area contributed by atoms with Crippen molar-refractivity contribution >= 4 is 5.91 Å². The van der Waals surface area contributed by atoms with E-state index >= 15 is 0 Å². The largest absolute Gasteiger partial charge is 0.381 e. The highest BCUT2D eigenvalue weighted by Gasteiger charge is 2.49. The maximum Gasteiger partial charge on any atom is 0.272 e. The van der Waals surface area contributed by atoms with Crippen molar-refractivity contribution in [2.24, 2.45) is 0 Å². The first-order chi connectivity index (χ1) is 9.22. The number of hydrogen-bond donors (Lipinski definition) is 0. The molecule has 1 aromatic rings. The van der Waals surface area contributed by atoms with Gasteiger partial charge in [-0.25, -0.2) is 9.97 Å². The minimum atomic E-state index is -0.207. The molecule has 0 radical (unpaired) electrons. The van der Waals surface area contributed by atoms with E-state index in [0.29, 0.717) is 25.4 Å². The number of carbonyl (C=O) groups excluding carboxylic acids is 1. The van der Waals surface area contributed by atoms with Crippen LogP contribution < -0.4 is 0 Å². The predicted octanol–water partition coefficient (Wildman–Crippen LogP) is 0.497. The van der Waals surface area contributed by atoms with Gasteiger partial charge < -0.3 is 14.4 Å². The number of carbonyl (C=O) groups is 1. The van der Waals surface area contributed by atoms with Crippen molar-refractivity contribution in [3.05, 3.63) is 24.3 Å². The molecule has 2 fully saturated rings. The molecule has 1 amide bonds. The number of ether oxygens (including phenoxy) is 2. The third-order valence-electron chi connectivity index (χ3n) is 3.83. The highest BCUT2D eigenvalue weighted by molar-refractivity contribution is 5.92. The highest BCUT2D eigenvalue weighted by atomic mass is 16.5. The van der Waals surface area contributed by atoms with Gasteiger partial charge in [0.1, 0.15) is 17.6 Å². The van der Waals surface area contributed by atoms with E-state index in [1.165, 1.54) is 6.33 Å². The Balaban J connectivity index is 1.62. The summed E-state index contributed by atoms with van der Waals surface area (Å²) in [6, 6.07) is 1.63. The maximum absolute atomic E-state index is 12.2. The summed E-state index contributed by atoms with van der Waals surface area (Å²) in [5.74, 6) is -0.0591. The van der Waals surface area contributed by atoms with Crippen molar-refractivity contribution in [3.8, 4) is 0 Å². The smallest absolute Gasteiger partial charge is 0.272 e. The van der Waals surface area contributed by atoms with Gasteiger partial charge in [0, 0.05) is 26.3 Å². The van der Waals surface area contributed by atoms with Gasteiger partial charge in [-0.2, -0.15) is 0 Å². The van der Waals surface area contributed by atoms with Gasteiger partial charge in [-0.15, -0.1) is 0 Å². The summed E-state index contributed by atoms with van der Waals surface area (Å²) in [4.78, 5) is 21.7. The molecule has 19 heavy (non-hydrogen) atoms. The summed E-state index contributed by atoms with van der Waals surface area (Å²) in [6.07, 6.45) is 4.99. The van der Waals surface area contributed by atoms with E-state index in [2.05, 4.69) is 9.97 Å². The lowest BCUT2D eigenvalue weighted by Crippen LogP contribution is -2.67. The Morgan fingerprint density at radius 3 is 3.11 bits per heavy atom. The van der Waals surface area contributed by atoms with Gasteiger partial charge in [-0.1, -0.05) is 0 Å². The molecular weight excluding hydrogens is 246 g/mol. The second-order valence-corrected chi connectivity index (χ2v) is 5.14. The van der Waals surface area contributed by atoms with Crippen LogP contribution >= 0.6 is 0 Å². The maximum atomic E-state index is 12.2. The van der Waals surface area contributed by atoms with Crippen molar-refractivity contribution in [3.63, 3.8) is 0 Å². The molecule has 0 aromatic carbocycles. The third kappa shape index (κ3) is 2.33. The molecule has 3 heterocycles. The number of nitrogens with zero attached hydrogens (tertiary/aromatic N) is 3. The van der Waals surface area contributed by atoms with Gasteiger partial charge in [-0.05, 0) is 12.5 Å². The number of methoxy groups -OCH3 is 1. The fourth-order valence-electron chi connectivity index (χ4n) is 2.78. The summed E-state index contributed by atoms with van der Waals surface area (Å²) in [6.45, 7) is 1.94. The van der Waals surface area contributed by atoms with Crippen LogP contribution in [0.1, 0.15) is 23.3 Å². The molecule has 2 aliphatic rings. The monoisotopic (exact) mass is 263 g/mol. The molecule has 2 aliphatic heterocycles. The van der Waals surface area contributed by atoms with Crippen LogP contribution in [0.4, 0.5) is 0 Å². The first-order valence-electron chi connectivity index (χ1n) is 6.44. The van der Waals surface area contributed by atoms with E-state index in [1.807, 2.05) is 0 Å². The molecule has 0 aliphatic carbocycles. The van der Waals surface area contributed by atoms with E-state index in [1.54, 1.807) is 24.3 Å². The highest BCUT2D eigenvalue weighted by Crippen LogP contribution is 2.35. The molecule has 2 saturated heterocycles. The standard InChI is InChI=1S/C13H17N3O3/c1-18-10-3-5-19-13(6-10)7-16(8-13)12(17)11-2-4-14-9-15-11/h2,4,9-10H,3,5-8H2,1H3/t10-/m1/s1. The lowest BCUT2D eigenvalue weighted by atomic mass is 9.84. The summed E-state index contributed by atoms with van der Waals surface area (Å²) in [5, 5.41) is 0. The molecule has 102 valence electrons. The van der Waals surface area contributed by atoms with E-state index in [0.717, 1.165) is 12.8 Å². The molecule has 0 bridgehead atoms. The van der Waals surface area contributed by atoms with E-state index in [-0.39, 0.29) is 17.6 Å². The van der Waals surface area contributed by atoms with Crippen molar-refractivity contribution in [2.45, 2.75) is 24.5 Å². The molecule has 0 saturated carbocycles. The van der Waals surface area contributed by atoms with Crippen LogP contribution in [-0.4, -0.2) is 59.3 Å². The zero-order valence-electron chi connectivity index (χ0n) is 10.9. The second-order valence-electron chi connectivity index (χ2n) is 5.14. The minimum absolute atomic E-state index is 0.0591. The Bertz CT molecular complexity index is 459. The lowest BCUT2D eigenvalue weighted by molar-refractivity contribution is -0.182. The Morgan fingerprint density at radius 1 is 1.58 bits per heavy atom. The Kier molecular flexibility index (Phi) is 3.20. The van der Waals surface area contributed by atoms with Crippen LogP contribution in [0, 0.1) is 0 Å². The average molecular weight is 263 g/mol. The van der Waals surface area contributed by atoms with E-state index in [9.17, 15) is 4.79 Å². The summed E-state index contributed by atoms with van der Waals surface area (Å²) in [5.41, 5.74) is 0.227. The first-order valence-corrected chi connectivity index (χ1v) is 6.44. The number of rotatable bonds is 2. The van der Waals surface area contributed by atoms with Crippen molar-refractivity contribution in [1.29, 1.82) is 0 Å². The number of hydrogen-bond acceptors (Lipinski definition) is 5. The zero-order chi connectivity index (χ0) is 13.3. The van der Waals surface area contributed by atoms with Gasteiger partial charge in [0.25, 0.3) is 5.91 Å². The van der Waals surface area contributed by atoms with Crippen LogP contribution in [0.3, 0.4) is 0 Å². The molecule has 0 unspecified atom stereocenters. The Morgan fingerprint density at radius 2 is 2.42 bits per heavy atom. The molecule has 6 nitrogen and oxygen atoms in total. The fraction of sp³-hybridized carbons (Fsp3) is 0.615. The third-order valence-corrected chi connectivity index (χ3v) is 3.83. The lowest BCUT2D eigenvalue weighted by Gasteiger charge is -2.52. The van der Waals surface area contributed by atoms with Gasteiger partial charge in [0.2, 0.25) is 0 Å². The van der Waals surface area contributed by atoms with Crippen molar-refractivity contribution in [1.82, 2.24) is 14.9 Å². The molecular formula is C13H17N3O3. The molecule has 6 heteroatoms. The van der Waals surface area contributed by atoms with Crippen LogP contribution in [0.2, 0.25) is 0 Å². The summed E-state index contributed by atoms with van der Waals surface area (Å²) in [7, 11) is 1.73. The number of aromatic nitrogens is 2. The molecule has 3 rings (SSSR count). The number of likely N-dealkylation sites (tertiary alicyclic amines) is 1. The van der Waals surface area contributed by atoms with Crippen LogP contribution in [0.15, 0.2) is 18.6 Å².